The lowest BCUT2D eigenvalue weighted by Gasteiger charge is -2.25. The second-order valence-electron chi connectivity index (χ2n) is 4.46. The normalized spacial score (nSPS) is 19.2. The Labute approximate surface area is 111 Å². The van der Waals surface area contributed by atoms with Crippen LogP contribution >= 0.6 is 0 Å². The molecule has 1 aliphatic rings. The molecule has 0 aromatic heterocycles. The Balaban J connectivity index is 2.13. The number of carbonyl (C=O) groups is 2. The van der Waals surface area contributed by atoms with Crippen molar-refractivity contribution in [3.63, 3.8) is 0 Å². The monoisotopic (exact) mass is 262 g/mol. The summed E-state index contributed by atoms with van der Waals surface area (Å²) >= 11 is 0. The molecule has 1 heterocycles. The smallest absolute Gasteiger partial charge is 0.497 e. The van der Waals surface area contributed by atoms with Crippen molar-refractivity contribution in [2.45, 2.75) is 5.94 Å². The van der Waals surface area contributed by atoms with Gasteiger partial charge >= 0.3 is 19.1 Å². The Morgan fingerprint density at radius 1 is 1.16 bits per heavy atom. The van der Waals surface area contributed by atoms with Gasteiger partial charge in [-0.05, 0) is 12.6 Å². The zero-order valence-corrected chi connectivity index (χ0v) is 10.6. The summed E-state index contributed by atoms with van der Waals surface area (Å²) in [5.74, 6) is -1.63. The van der Waals surface area contributed by atoms with E-state index < -0.39 is 25.0 Å². The molecule has 0 spiro atoms. The van der Waals surface area contributed by atoms with E-state index in [0.29, 0.717) is 0 Å². The quantitative estimate of drug-likeness (QED) is 0.740. The minimum atomic E-state index is -1.09. The summed E-state index contributed by atoms with van der Waals surface area (Å²) in [6, 6.07) is 9.06. The highest BCUT2D eigenvalue weighted by Gasteiger charge is 2.38. The first kappa shape index (κ1) is 13.6. The van der Waals surface area contributed by atoms with Crippen LogP contribution in [0.5, 0.6) is 0 Å². The fourth-order valence-corrected chi connectivity index (χ4v) is 1.83. The van der Waals surface area contributed by atoms with Gasteiger partial charge in [-0.3, -0.25) is 14.5 Å². The third kappa shape index (κ3) is 3.55. The fourth-order valence-electron chi connectivity index (χ4n) is 1.83. The molecule has 0 amide bonds. The van der Waals surface area contributed by atoms with E-state index in [2.05, 4.69) is 0 Å². The van der Waals surface area contributed by atoms with Crippen LogP contribution in [0.1, 0.15) is 11.5 Å². The first-order valence-corrected chi connectivity index (χ1v) is 5.94. The van der Waals surface area contributed by atoms with Crippen LogP contribution in [0.15, 0.2) is 30.3 Å². The molecule has 1 unspecified atom stereocenters. The summed E-state index contributed by atoms with van der Waals surface area (Å²) in [4.78, 5) is 24.7. The second kappa shape index (κ2) is 5.86. The van der Waals surface area contributed by atoms with Crippen molar-refractivity contribution in [1.29, 1.82) is 0 Å². The van der Waals surface area contributed by atoms with Gasteiger partial charge in [-0.25, -0.2) is 0 Å². The highest BCUT2D eigenvalue weighted by molar-refractivity contribution is 6.50. The maximum atomic E-state index is 11.6. The zero-order chi connectivity index (χ0) is 13.8. The van der Waals surface area contributed by atoms with E-state index in [1.807, 2.05) is 18.2 Å². The average molecular weight is 262 g/mol. The van der Waals surface area contributed by atoms with Gasteiger partial charge in [0.15, 0.2) is 0 Å². The van der Waals surface area contributed by atoms with Gasteiger partial charge in [-0.2, -0.15) is 0 Å². The first-order valence-electron chi connectivity index (χ1n) is 5.94. The number of benzene rings is 1. The number of likely N-dealkylation sites (N-methyl/N-ethyl adjacent to an activating group) is 1. The summed E-state index contributed by atoms with van der Waals surface area (Å²) in [6.07, 6.45) is 0. The third-order valence-electron chi connectivity index (χ3n) is 2.77. The summed E-state index contributed by atoms with van der Waals surface area (Å²) < 4.78 is 10.2. The highest BCUT2D eigenvalue weighted by Crippen LogP contribution is 2.16. The van der Waals surface area contributed by atoms with Gasteiger partial charge in [0.2, 0.25) is 0 Å². The van der Waals surface area contributed by atoms with E-state index in [9.17, 15) is 9.59 Å². The largest absolute Gasteiger partial charge is 0.621 e. The minimum Gasteiger partial charge on any atom is -0.497 e. The summed E-state index contributed by atoms with van der Waals surface area (Å²) in [6.45, 7) is 0.0697. The molecule has 6 nitrogen and oxygen atoms in total. The van der Waals surface area contributed by atoms with Crippen LogP contribution in [-0.2, 0) is 18.9 Å². The van der Waals surface area contributed by atoms with Gasteiger partial charge in [0.25, 0.3) is 0 Å². The second-order valence-corrected chi connectivity index (χ2v) is 4.46. The molecule has 1 aromatic rings. The van der Waals surface area contributed by atoms with Crippen molar-refractivity contribution < 1.29 is 18.9 Å². The van der Waals surface area contributed by atoms with Crippen LogP contribution in [0, 0.1) is 0 Å². The first-order chi connectivity index (χ1) is 9.06. The Hall–Kier alpha value is -1.86. The van der Waals surface area contributed by atoms with Crippen molar-refractivity contribution in [2.24, 2.45) is 5.73 Å². The van der Waals surface area contributed by atoms with Crippen LogP contribution in [0.2, 0.25) is 0 Å². The van der Waals surface area contributed by atoms with E-state index >= 15 is 0 Å². The number of nitrogens with zero attached hydrogens (tertiary/aromatic N) is 1. The molecule has 2 N–H and O–H groups in total. The van der Waals surface area contributed by atoms with E-state index in [1.165, 1.54) is 4.90 Å². The minimum absolute atomic E-state index is 0.0348. The molecule has 1 aromatic carbocycles. The van der Waals surface area contributed by atoms with Crippen LogP contribution in [0.3, 0.4) is 0 Å². The molecule has 0 saturated carbocycles. The van der Waals surface area contributed by atoms with E-state index in [1.54, 1.807) is 19.2 Å². The van der Waals surface area contributed by atoms with Gasteiger partial charge in [0, 0.05) is 0 Å². The summed E-state index contributed by atoms with van der Waals surface area (Å²) in [7, 11) is 0.552. The van der Waals surface area contributed by atoms with E-state index in [4.69, 9.17) is 15.0 Å². The Morgan fingerprint density at radius 3 is 2.21 bits per heavy atom. The molecule has 1 fully saturated rings. The maximum Gasteiger partial charge on any atom is 0.621 e. The van der Waals surface area contributed by atoms with Gasteiger partial charge in [-0.15, -0.1) is 0 Å². The van der Waals surface area contributed by atoms with Crippen LogP contribution < -0.4 is 5.73 Å². The van der Waals surface area contributed by atoms with Crippen molar-refractivity contribution in [3.8, 4) is 0 Å². The number of nitrogens with two attached hydrogens (primary N) is 1. The Morgan fingerprint density at radius 2 is 1.68 bits per heavy atom. The Kier molecular flexibility index (Phi) is 4.18. The number of carbonyl (C=O) groups excluding carboxylic acids is 2. The maximum absolute atomic E-state index is 11.6. The van der Waals surface area contributed by atoms with Crippen LogP contribution in [-0.4, -0.2) is 44.1 Å². The van der Waals surface area contributed by atoms with Crippen molar-refractivity contribution in [1.82, 2.24) is 4.90 Å². The van der Waals surface area contributed by atoms with E-state index in [0.717, 1.165) is 5.56 Å². The molecule has 2 rings (SSSR count). The summed E-state index contributed by atoms with van der Waals surface area (Å²) in [5, 5.41) is 0. The molecule has 0 aliphatic carbocycles. The van der Waals surface area contributed by atoms with Gasteiger partial charge in [0.1, 0.15) is 0 Å². The molecular weight excluding hydrogens is 247 g/mol. The van der Waals surface area contributed by atoms with Gasteiger partial charge < -0.3 is 15.0 Å². The molecule has 0 bridgehead atoms. The molecule has 1 atom stereocenters. The number of hydrogen-bond acceptors (Lipinski definition) is 6. The standard InChI is InChI=1S/C12H15BN2O4/c1-15-7-10(16)18-13(19-11(17)8-15)12(14)9-5-3-2-4-6-9/h2-6,12H,7-8,14H2,1H3. The third-order valence-corrected chi connectivity index (χ3v) is 2.77. The number of hydrogen-bond donors (Lipinski definition) is 1. The topological polar surface area (TPSA) is 81.9 Å². The highest BCUT2D eigenvalue weighted by atomic mass is 16.6. The summed E-state index contributed by atoms with van der Waals surface area (Å²) in [5.41, 5.74) is 6.72. The predicted molar refractivity (Wildman–Crippen MR) is 68.8 cm³/mol. The Bertz CT molecular complexity index is 448. The van der Waals surface area contributed by atoms with Gasteiger partial charge in [-0.1, -0.05) is 30.3 Å². The molecule has 0 radical (unpaired) electrons. The lowest BCUT2D eigenvalue weighted by Crippen LogP contribution is -2.47. The molecule has 1 saturated heterocycles. The van der Waals surface area contributed by atoms with Gasteiger partial charge in [0.05, 0.1) is 19.0 Å². The number of rotatable bonds is 2. The lowest BCUT2D eigenvalue weighted by atomic mass is 9.74. The van der Waals surface area contributed by atoms with Crippen LogP contribution in [0.4, 0.5) is 0 Å². The molecule has 7 heteroatoms. The van der Waals surface area contributed by atoms with Crippen molar-refractivity contribution in [3.05, 3.63) is 35.9 Å². The molecule has 1 aliphatic heterocycles. The molecule has 100 valence electrons. The van der Waals surface area contributed by atoms with Crippen LogP contribution in [0.25, 0.3) is 0 Å². The van der Waals surface area contributed by atoms with E-state index in [-0.39, 0.29) is 13.1 Å². The molecular formula is C12H15BN2O4. The zero-order valence-electron chi connectivity index (χ0n) is 10.6. The average Bonchev–Trinajstić information content (AvgIpc) is 2.36. The van der Waals surface area contributed by atoms with Crippen molar-refractivity contribution >= 4 is 19.1 Å². The SMILES string of the molecule is CN1CC(=O)OB(C(N)c2ccccc2)OC(=O)C1. The lowest BCUT2D eigenvalue weighted by molar-refractivity contribution is -0.145. The molecule has 19 heavy (non-hydrogen) atoms. The fraction of sp³-hybridized carbons (Fsp3) is 0.333. The van der Waals surface area contributed by atoms with Crippen molar-refractivity contribution in [2.75, 3.05) is 20.1 Å². The predicted octanol–water partition coefficient (Wildman–Crippen LogP) is -0.254.